The van der Waals surface area contributed by atoms with Gasteiger partial charge in [-0.1, -0.05) is 35.3 Å². The Balaban J connectivity index is 2.56. The molecule has 0 aromatic heterocycles. The van der Waals surface area contributed by atoms with Crippen LogP contribution in [0, 0.1) is 17.0 Å². The molecular formula is C24H30Cl2N4O6S. The van der Waals surface area contributed by atoms with Gasteiger partial charge in [0.1, 0.15) is 12.6 Å². The molecule has 2 aromatic rings. The Morgan fingerprint density at radius 2 is 1.70 bits per heavy atom. The van der Waals surface area contributed by atoms with Crippen molar-refractivity contribution in [3.05, 3.63) is 67.7 Å². The van der Waals surface area contributed by atoms with Crippen molar-refractivity contribution in [2.75, 3.05) is 17.1 Å². The molecule has 37 heavy (non-hydrogen) atoms. The molecule has 0 aliphatic rings. The Labute approximate surface area is 226 Å². The zero-order valence-corrected chi connectivity index (χ0v) is 23.7. The van der Waals surface area contributed by atoms with E-state index in [-0.39, 0.29) is 28.0 Å². The van der Waals surface area contributed by atoms with E-state index < -0.39 is 44.9 Å². The highest BCUT2D eigenvalue weighted by Gasteiger charge is 2.33. The van der Waals surface area contributed by atoms with Crippen LogP contribution in [0.3, 0.4) is 0 Å². The van der Waals surface area contributed by atoms with Gasteiger partial charge in [0, 0.05) is 39.8 Å². The molecule has 0 aliphatic carbocycles. The van der Waals surface area contributed by atoms with Gasteiger partial charge in [-0.15, -0.1) is 0 Å². The highest BCUT2D eigenvalue weighted by molar-refractivity contribution is 7.92. The summed E-state index contributed by atoms with van der Waals surface area (Å²) in [6, 6.07) is 7.50. The van der Waals surface area contributed by atoms with Crippen molar-refractivity contribution in [2.45, 2.75) is 52.7 Å². The van der Waals surface area contributed by atoms with Crippen LogP contribution < -0.4 is 9.62 Å². The van der Waals surface area contributed by atoms with Gasteiger partial charge in [0.25, 0.3) is 5.69 Å². The molecule has 1 N–H and O–H groups in total. The summed E-state index contributed by atoms with van der Waals surface area (Å²) in [7, 11) is -4.06. The fraction of sp³-hybridized carbons (Fsp3) is 0.417. The zero-order valence-electron chi connectivity index (χ0n) is 21.4. The molecule has 0 bridgehead atoms. The molecule has 202 valence electrons. The first kappa shape index (κ1) is 30.3. The molecule has 0 heterocycles. The van der Waals surface area contributed by atoms with Crippen LogP contribution in [0.2, 0.25) is 10.0 Å². The number of sulfonamides is 1. The Bertz CT molecular complexity index is 1290. The van der Waals surface area contributed by atoms with E-state index in [9.17, 15) is 28.1 Å². The van der Waals surface area contributed by atoms with E-state index in [0.29, 0.717) is 11.1 Å². The van der Waals surface area contributed by atoms with Crippen molar-refractivity contribution >= 4 is 56.4 Å². The van der Waals surface area contributed by atoms with Gasteiger partial charge in [0.2, 0.25) is 21.8 Å². The molecule has 2 aromatic carbocycles. The molecule has 0 saturated carbocycles. The van der Waals surface area contributed by atoms with Gasteiger partial charge in [-0.2, -0.15) is 0 Å². The minimum absolute atomic E-state index is 0.0208. The van der Waals surface area contributed by atoms with Crippen LogP contribution in [-0.4, -0.2) is 54.4 Å². The SMILES string of the molecule is Cc1ccc([N+](=O)[O-])cc1N(CC(=O)N(Cc1c(Cl)cccc1Cl)C(C)C(=O)NC(C)(C)C)S(C)(=O)=O. The lowest BCUT2D eigenvalue weighted by Gasteiger charge is -2.33. The van der Waals surface area contributed by atoms with Gasteiger partial charge in [-0.05, 0) is 52.3 Å². The van der Waals surface area contributed by atoms with Crippen LogP contribution in [0.15, 0.2) is 36.4 Å². The molecule has 2 amide bonds. The number of halogens is 2. The number of non-ortho nitro benzene ring substituents is 1. The number of nitrogens with one attached hydrogen (secondary N) is 1. The number of hydrogen-bond donors (Lipinski definition) is 1. The summed E-state index contributed by atoms with van der Waals surface area (Å²) in [5.74, 6) is -1.20. The van der Waals surface area contributed by atoms with E-state index in [1.165, 1.54) is 24.0 Å². The third-order valence-electron chi connectivity index (χ3n) is 5.41. The number of anilines is 1. The zero-order chi connectivity index (χ0) is 28.3. The molecular weight excluding hydrogens is 543 g/mol. The maximum Gasteiger partial charge on any atom is 0.271 e. The van der Waals surface area contributed by atoms with Crippen molar-refractivity contribution in [3.63, 3.8) is 0 Å². The maximum absolute atomic E-state index is 13.7. The van der Waals surface area contributed by atoms with Crippen molar-refractivity contribution in [1.29, 1.82) is 0 Å². The third kappa shape index (κ3) is 8.05. The molecule has 0 radical (unpaired) electrons. The van der Waals surface area contributed by atoms with Crippen LogP contribution in [-0.2, 0) is 26.2 Å². The molecule has 0 fully saturated rings. The monoisotopic (exact) mass is 572 g/mol. The molecule has 0 aliphatic heterocycles. The van der Waals surface area contributed by atoms with Gasteiger partial charge in [-0.3, -0.25) is 24.0 Å². The normalized spacial score (nSPS) is 12.5. The Kier molecular flexibility index (Phi) is 9.56. The largest absolute Gasteiger partial charge is 0.350 e. The van der Waals surface area contributed by atoms with Crippen LogP contribution in [0.25, 0.3) is 0 Å². The second-order valence-corrected chi connectivity index (χ2v) is 12.4. The van der Waals surface area contributed by atoms with Crippen molar-refractivity contribution in [2.24, 2.45) is 0 Å². The smallest absolute Gasteiger partial charge is 0.271 e. The van der Waals surface area contributed by atoms with Crippen LogP contribution in [0.4, 0.5) is 11.4 Å². The van der Waals surface area contributed by atoms with Crippen molar-refractivity contribution in [3.8, 4) is 0 Å². The van der Waals surface area contributed by atoms with Crippen LogP contribution in [0.5, 0.6) is 0 Å². The highest BCUT2D eigenvalue weighted by Crippen LogP contribution is 2.29. The summed E-state index contributed by atoms with van der Waals surface area (Å²) in [4.78, 5) is 38.5. The lowest BCUT2D eigenvalue weighted by Crippen LogP contribution is -2.54. The predicted molar refractivity (Wildman–Crippen MR) is 144 cm³/mol. The Hall–Kier alpha value is -2.89. The fourth-order valence-electron chi connectivity index (χ4n) is 3.49. The third-order valence-corrected chi connectivity index (χ3v) is 7.24. The van der Waals surface area contributed by atoms with Crippen molar-refractivity contribution in [1.82, 2.24) is 10.2 Å². The number of nitrogens with zero attached hydrogens (tertiary/aromatic N) is 3. The summed E-state index contributed by atoms with van der Waals surface area (Å²) in [5.41, 5.74) is -0.164. The predicted octanol–water partition coefficient (Wildman–Crippen LogP) is 4.31. The summed E-state index contributed by atoms with van der Waals surface area (Å²) in [6.07, 6.45) is 0.892. The average Bonchev–Trinajstić information content (AvgIpc) is 2.75. The molecule has 0 spiro atoms. The van der Waals surface area contributed by atoms with E-state index in [2.05, 4.69) is 5.32 Å². The van der Waals surface area contributed by atoms with Crippen LogP contribution in [0.1, 0.15) is 38.8 Å². The number of carbonyl (C=O) groups excluding carboxylic acids is 2. The topological polar surface area (TPSA) is 130 Å². The first-order valence-corrected chi connectivity index (χ1v) is 13.8. The van der Waals surface area contributed by atoms with E-state index >= 15 is 0 Å². The van der Waals surface area contributed by atoms with Gasteiger partial charge < -0.3 is 10.2 Å². The first-order chi connectivity index (χ1) is 16.9. The Morgan fingerprint density at radius 3 is 2.19 bits per heavy atom. The second-order valence-electron chi connectivity index (χ2n) is 9.63. The summed E-state index contributed by atoms with van der Waals surface area (Å²) in [6.45, 7) is 7.54. The molecule has 1 unspecified atom stereocenters. The van der Waals surface area contributed by atoms with E-state index in [0.717, 1.165) is 16.6 Å². The van der Waals surface area contributed by atoms with Gasteiger partial charge in [0.15, 0.2) is 0 Å². The number of nitro groups is 1. The standard InChI is InChI=1S/C24H30Cl2N4O6S/c1-15-10-11-17(30(33)34)12-21(15)29(37(6,35)36)14-22(31)28(16(2)23(32)27-24(3,4)5)13-18-19(25)8-7-9-20(18)26/h7-12,16H,13-14H2,1-6H3,(H,27,32). The number of carbonyl (C=O) groups is 2. The van der Waals surface area contributed by atoms with Gasteiger partial charge in [0.05, 0.1) is 16.9 Å². The lowest BCUT2D eigenvalue weighted by atomic mass is 10.1. The van der Waals surface area contributed by atoms with Crippen LogP contribution >= 0.6 is 23.2 Å². The number of aryl methyl sites for hydroxylation is 1. The first-order valence-electron chi connectivity index (χ1n) is 11.2. The number of nitro benzene ring substituents is 1. The highest BCUT2D eigenvalue weighted by atomic mass is 35.5. The number of amides is 2. The van der Waals surface area contributed by atoms with E-state index in [1.807, 2.05) is 0 Å². The van der Waals surface area contributed by atoms with Gasteiger partial charge in [-0.25, -0.2) is 8.42 Å². The quantitative estimate of drug-likeness (QED) is 0.352. The summed E-state index contributed by atoms with van der Waals surface area (Å²) < 4.78 is 26.3. The van der Waals surface area contributed by atoms with Crippen molar-refractivity contribution < 1.29 is 22.9 Å². The summed E-state index contributed by atoms with van der Waals surface area (Å²) >= 11 is 12.6. The fourth-order valence-corrected chi connectivity index (χ4v) is 4.90. The molecule has 13 heteroatoms. The molecule has 10 nitrogen and oxygen atoms in total. The maximum atomic E-state index is 13.7. The molecule has 2 rings (SSSR count). The van der Waals surface area contributed by atoms with E-state index in [4.69, 9.17) is 23.2 Å². The number of rotatable bonds is 9. The average molecular weight is 573 g/mol. The minimum Gasteiger partial charge on any atom is -0.350 e. The molecule has 0 saturated heterocycles. The van der Waals surface area contributed by atoms with E-state index in [1.54, 1.807) is 45.9 Å². The summed E-state index contributed by atoms with van der Waals surface area (Å²) in [5, 5.41) is 14.6. The Morgan fingerprint density at radius 1 is 1.14 bits per heavy atom. The lowest BCUT2D eigenvalue weighted by molar-refractivity contribution is -0.384. The number of benzene rings is 2. The minimum atomic E-state index is -4.06. The number of hydrogen-bond acceptors (Lipinski definition) is 6. The second kappa shape index (κ2) is 11.7. The molecule has 1 atom stereocenters. The van der Waals surface area contributed by atoms with Gasteiger partial charge >= 0.3 is 0 Å².